The van der Waals surface area contributed by atoms with E-state index in [1.807, 2.05) is 0 Å². The van der Waals surface area contributed by atoms with Gasteiger partial charge in [0.1, 0.15) is 5.82 Å². The van der Waals surface area contributed by atoms with Gasteiger partial charge in [-0.05, 0) is 12.1 Å². The van der Waals surface area contributed by atoms with E-state index in [-0.39, 0.29) is 10.6 Å². The minimum atomic E-state index is -0.504. The van der Waals surface area contributed by atoms with Gasteiger partial charge in [0.25, 0.3) is 0 Å². The highest BCUT2D eigenvalue weighted by molar-refractivity contribution is 6.33. The van der Waals surface area contributed by atoms with Gasteiger partial charge >= 0.3 is 0 Å². The van der Waals surface area contributed by atoms with E-state index in [0.29, 0.717) is 0 Å². The molecule has 0 spiro atoms. The summed E-state index contributed by atoms with van der Waals surface area (Å²) in [6.07, 6.45) is 0.956. The maximum absolute atomic E-state index is 12.8. The molecular weight excluding hydrogens is 169 g/mol. The Labute approximate surface area is 67.9 Å². The second kappa shape index (κ2) is 3.34. The number of hydrogen-bond donors (Lipinski definition) is 1. The van der Waals surface area contributed by atoms with Gasteiger partial charge in [0.2, 0.25) is 0 Å². The normalized spacial score (nSPS) is 10.7. The smallest absolute Gasteiger partial charge is 0.133 e. The molecule has 1 rings (SSSR count). The van der Waals surface area contributed by atoms with Gasteiger partial charge in [0, 0.05) is 0 Å². The van der Waals surface area contributed by atoms with E-state index in [9.17, 15) is 4.39 Å². The van der Waals surface area contributed by atoms with Crippen molar-refractivity contribution in [3.05, 3.63) is 34.6 Å². The van der Waals surface area contributed by atoms with Gasteiger partial charge in [0.15, 0.2) is 0 Å². The fraction of sp³-hybridized carbons (Fsp3) is 0. The maximum atomic E-state index is 12.8. The first-order chi connectivity index (χ1) is 5.25. The van der Waals surface area contributed by atoms with Crippen LogP contribution in [0.25, 0.3) is 0 Å². The number of benzene rings is 1. The Kier molecular flexibility index (Phi) is 2.44. The molecule has 0 heterocycles. The SMILES string of the molecule is O/N=C\c1c(F)cccc1Cl. The average Bonchev–Trinajstić information content (AvgIpc) is 1.97. The van der Waals surface area contributed by atoms with Gasteiger partial charge in [-0.3, -0.25) is 0 Å². The molecule has 1 aromatic carbocycles. The van der Waals surface area contributed by atoms with E-state index in [1.165, 1.54) is 18.2 Å². The van der Waals surface area contributed by atoms with Crippen molar-refractivity contribution in [3.63, 3.8) is 0 Å². The lowest BCUT2D eigenvalue weighted by Gasteiger charge is -1.96. The molecule has 0 atom stereocenters. The van der Waals surface area contributed by atoms with Crippen LogP contribution >= 0.6 is 11.6 Å². The molecule has 4 heteroatoms. The third kappa shape index (κ3) is 1.68. The number of oxime groups is 1. The molecule has 1 aromatic rings. The fourth-order valence-electron chi connectivity index (χ4n) is 0.692. The zero-order chi connectivity index (χ0) is 8.27. The van der Waals surface area contributed by atoms with Crippen LogP contribution in [-0.4, -0.2) is 11.4 Å². The molecule has 2 nitrogen and oxygen atoms in total. The Balaban J connectivity index is 3.20. The van der Waals surface area contributed by atoms with Crippen molar-refractivity contribution in [3.8, 4) is 0 Å². The number of nitrogens with zero attached hydrogens (tertiary/aromatic N) is 1. The summed E-state index contributed by atoms with van der Waals surface area (Å²) in [5.74, 6) is -0.504. The summed E-state index contributed by atoms with van der Waals surface area (Å²) in [5.41, 5.74) is 0.0941. The third-order valence-electron chi connectivity index (χ3n) is 1.19. The van der Waals surface area contributed by atoms with Gasteiger partial charge in [-0.15, -0.1) is 0 Å². The second-order valence-electron chi connectivity index (χ2n) is 1.88. The van der Waals surface area contributed by atoms with Crippen LogP contribution in [0.4, 0.5) is 4.39 Å². The number of halogens is 2. The highest BCUT2D eigenvalue weighted by atomic mass is 35.5. The van der Waals surface area contributed by atoms with Gasteiger partial charge in [0.05, 0.1) is 16.8 Å². The summed E-state index contributed by atoms with van der Waals surface area (Å²) in [7, 11) is 0. The zero-order valence-electron chi connectivity index (χ0n) is 5.46. The van der Waals surface area contributed by atoms with Crippen LogP contribution in [0.3, 0.4) is 0 Å². The highest BCUT2D eigenvalue weighted by Gasteiger charge is 2.02. The van der Waals surface area contributed by atoms with Gasteiger partial charge in [-0.1, -0.05) is 22.8 Å². The summed E-state index contributed by atoms with van der Waals surface area (Å²) in [5, 5.41) is 11.0. The molecule has 0 saturated heterocycles. The van der Waals surface area contributed by atoms with Crippen LogP contribution < -0.4 is 0 Å². The molecule has 0 aromatic heterocycles. The lowest BCUT2D eigenvalue weighted by Crippen LogP contribution is -1.88. The monoisotopic (exact) mass is 173 g/mol. The predicted octanol–water partition coefficient (Wildman–Crippen LogP) is 2.29. The van der Waals surface area contributed by atoms with E-state index in [0.717, 1.165) is 6.21 Å². The Morgan fingerprint density at radius 2 is 2.27 bits per heavy atom. The summed E-state index contributed by atoms with van der Waals surface area (Å²) in [4.78, 5) is 0. The van der Waals surface area contributed by atoms with Crippen LogP contribution in [0.1, 0.15) is 5.56 Å². The van der Waals surface area contributed by atoms with Crippen LogP contribution in [0, 0.1) is 5.82 Å². The van der Waals surface area contributed by atoms with Crippen molar-refractivity contribution in [2.75, 3.05) is 0 Å². The Morgan fingerprint density at radius 1 is 1.55 bits per heavy atom. The molecule has 0 bridgehead atoms. The molecule has 0 radical (unpaired) electrons. The first-order valence-corrected chi connectivity index (χ1v) is 3.25. The van der Waals surface area contributed by atoms with E-state index in [2.05, 4.69) is 5.16 Å². The molecule has 0 saturated carbocycles. The summed E-state index contributed by atoms with van der Waals surface area (Å²) in [6.45, 7) is 0. The van der Waals surface area contributed by atoms with Crippen molar-refractivity contribution in [1.82, 2.24) is 0 Å². The van der Waals surface area contributed by atoms with Crippen LogP contribution in [0.5, 0.6) is 0 Å². The van der Waals surface area contributed by atoms with Gasteiger partial charge in [-0.2, -0.15) is 0 Å². The lowest BCUT2D eigenvalue weighted by molar-refractivity contribution is 0.321. The zero-order valence-corrected chi connectivity index (χ0v) is 6.22. The minimum absolute atomic E-state index is 0.0941. The minimum Gasteiger partial charge on any atom is -0.411 e. The van der Waals surface area contributed by atoms with Crippen molar-refractivity contribution in [2.45, 2.75) is 0 Å². The molecule has 0 fully saturated rings. The first-order valence-electron chi connectivity index (χ1n) is 2.87. The Morgan fingerprint density at radius 3 is 2.82 bits per heavy atom. The average molecular weight is 174 g/mol. The van der Waals surface area contributed by atoms with E-state index in [1.54, 1.807) is 0 Å². The van der Waals surface area contributed by atoms with E-state index in [4.69, 9.17) is 16.8 Å². The molecule has 0 amide bonds. The molecule has 1 N–H and O–H groups in total. The highest BCUT2D eigenvalue weighted by Crippen LogP contribution is 2.16. The molecule has 0 unspecified atom stereocenters. The quantitative estimate of drug-likeness (QED) is 0.395. The summed E-state index contributed by atoms with van der Waals surface area (Å²) >= 11 is 5.57. The topological polar surface area (TPSA) is 32.6 Å². The van der Waals surface area contributed by atoms with Crippen LogP contribution in [0.2, 0.25) is 5.02 Å². The first kappa shape index (κ1) is 8.01. The largest absolute Gasteiger partial charge is 0.411 e. The van der Waals surface area contributed by atoms with Crippen molar-refractivity contribution in [2.24, 2.45) is 5.16 Å². The molecule has 11 heavy (non-hydrogen) atoms. The van der Waals surface area contributed by atoms with Crippen LogP contribution in [0.15, 0.2) is 23.4 Å². The van der Waals surface area contributed by atoms with E-state index < -0.39 is 5.82 Å². The summed E-state index contributed by atoms with van der Waals surface area (Å²) in [6, 6.07) is 4.23. The van der Waals surface area contributed by atoms with Crippen molar-refractivity contribution >= 4 is 17.8 Å². The number of rotatable bonds is 1. The Bertz CT molecular complexity index is 268. The third-order valence-corrected chi connectivity index (χ3v) is 1.52. The standard InChI is InChI=1S/C7H5ClFNO/c8-6-2-1-3-7(9)5(6)4-10-11/h1-4,11H/b10-4-. The molecule has 58 valence electrons. The Hall–Kier alpha value is -1.09. The maximum Gasteiger partial charge on any atom is 0.133 e. The fourth-order valence-corrected chi connectivity index (χ4v) is 0.904. The molecule has 0 aliphatic carbocycles. The predicted molar refractivity (Wildman–Crippen MR) is 40.8 cm³/mol. The van der Waals surface area contributed by atoms with Gasteiger partial charge < -0.3 is 5.21 Å². The molecule has 0 aliphatic rings. The van der Waals surface area contributed by atoms with Crippen molar-refractivity contribution < 1.29 is 9.60 Å². The van der Waals surface area contributed by atoms with Crippen molar-refractivity contribution in [1.29, 1.82) is 0 Å². The second-order valence-corrected chi connectivity index (χ2v) is 2.29. The van der Waals surface area contributed by atoms with E-state index >= 15 is 0 Å². The summed E-state index contributed by atoms with van der Waals surface area (Å²) < 4.78 is 12.8. The number of hydrogen-bond acceptors (Lipinski definition) is 2. The lowest BCUT2D eigenvalue weighted by atomic mass is 10.2. The molecular formula is C7H5ClFNO. The van der Waals surface area contributed by atoms with Crippen LogP contribution in [-0.2, 0) is 0 Å². The molecule has 0 aliphatic heterocycles. The van der Waals surface area contributed by atoms with Gasteiger partial charge in [-0.25, -0.2) is 4.39 Å².